The summed E-state index contributed by atoms with van der Waals surface area (Å²) in [5.41, 5.74) is 7.27. The molecule has 5 aromatic carbocycles. The van der Waals surface area contributed by atoms with E-state index >= 15 is 0 Å². The highest BCUT2D eigenvalue weighted by atomic mass is 79.9. The van der Waals surface area contributed by atoms with Crippen molar-refractivity contribution in [1.29, 1.82) is 0 Å². The number of anilines is 3. The lowest BCUT2D eigenvalue weighted by Crippen LogP contribution is -2.13. The lowest BCUT2D eigenvalue weighted by atomic mass is 9.97. The molecular formula is C30H17Br4NO. The molecule has 0 spiro atoms. The smallest absolute Gasteiger partial charge is 0.135 e. The van der Waals surface area contributed by atoms with E-state index in [0.717, 1.165) is 68.7 Å². The molecule has 2 nitrogen and oxygen atoms in total. The summed E-state index contributed by atoms with van der Waals surface area (Å²) in [5.74, 6) is 1.57. The molecule has 0 aromatic heterocycles. The van der Waals surface area contributed by atoms with Crippen LogP contribution in [0.1, 0.15) is 0 Å². The van der Waals surface area contributed by atoms with Crippen LogP contribution in [0.2, 0.25) is 0 Å². The summed E-state index contributed by atoms with van der Waals surface area (Å²) < 4.78 is 10.6. The van der Waals surface area contributed by atoms with Crippen molar-refractivity contribution in [2.45, 2.75) is 0 Å². The van der Waals surface area contributed by atoms with Gasteiger partial charge in [-0.15, -0.1) is 0 Å². The molecule has 176 valence electrons. The molecule has 6 heteroatoms. The van der Waals surface area contributed by atoms with Crippen molar-refractivity contribution >= 4 is 80.8 Å². The minimum absolute atomic E-state index is 0.785. The highest BCUT2D eigenvalue weighted by Crippen LogP contribution is 2.51. The topological polar surface area (TPSA) is 12.5 Å². The molecule has 0 fully saturated rings. The zero-order valence-electron chi connectivity index (χ0n) is 18.7. The Morgan fingerprint density at radius 1 is 0.444 bits per heavy atom. The van der Waals surface area contributed by atoms with Crippen molar-refractivity contribution in [2.75, 3.05) is 4.90 Å². The van der Waals surface area contributed by atoms with E-state index < -0.39 is 0 Å². The monoisotopic (exact) mass is 723 g/mol. The molecule has 5 aromatic rings. The Labute approximate surface area is 243 Å². The summed E-state index contributed by atoms with van der Waals surface area (Å²) >= 11 is 14.8. The second-order valence-electron chi connectivity index (χ2n) is 8.38. The van der Waals surface area contributed by atoms with Crippen LogP contribution in [0, 0.1) is 0 Å². The van der Waals surface area contributed by atoms with Crippen LogP contribution in [0.25, 0.3) is 22.3 Å². The van der Waals surface area contributed by atoms with Gasteiger partial charge in [0.1, 0.15) is 11.5 Å². The zero-order chi connectivity index (χ0) is 24.8. The minimum Gasteiger partial charge on any atom is -0.456 e. The Morgan fingerprint density at radius 3 is 1.33 bits per heavy atom. The summed E-state index contributed by atoms with van der Waals surface area (Å²) in [6.07, 6.45) is 0. The van der Waals surface area contributed by atoms with Gasteiger partial charge in [0.2, 0.25) is 0 Å². The Kier molecular flexibility index (Phi) is 6.54. The van der Waals surface area contributed by atoms with E-state index in [0.29, 0.717) is 0 Å². The minimum atomic E-state index is 0.785. The third-order valence-corrected chi connectivity index (χ3v) is 8.07. The highest BCUT2D eigenvalue weighted by Gasteiger charge is 2.25. The van der Waals surface area contributed by atoms with Gasteiger partial charge in [0.25, 0.3) is 0 Å². The van der Waals surface area contributed by atoms with Crippen molar-refractivity contribution in [1.82, 2.24) is 0 Å². The van der Waals surface area contributed by atoms with Crippen molar-refractivity contribution in [3.8, 4) is 33.8 Å². The fraction of sp³-hybridized carbons (Fsp3) is 0. The average molecular weight is 727 g/mol. The van der Waals surface area contributed by atoms with Gasteiger partial charge in [0.15, 0.2) is 0 Å². The van der Waals surface area contributed by atoms with E-state index in [4.69, 9.17) is 4.74 Å². The van der Waals surface area contributed by atoms with Gasteiger partial charge >= 0.3 is 0 Å². The van der Waals surface area contributed by atoms with Crippen LogP contribution in [0.5, 0.6) is 11.5 Å². The van der Waals surface area contributed by atoms with Crippen molar-refractivity contribution in [2.24, 2.45) is 0 Å². The third kappa shape index (κ3) is 4.45. The molecule has 36 heavy (non-hydrogen) atoms. The fourth-order valence-corrected chi connectivity index (χ4v) is 5.99. The number of nitrogens with zero attached hydrogens (tertiary/aromatic N) is 1. The predicted molar refractivity (Wildman–Crippen MR) is 163 cm³/mol. The lowest BCUT2D eigenvalue weighted by Gasteiger charge is -2.31. The number of ether oxygens (including phenoxy) is 1. The van der Waals surface area contributed by atoms with Crippen molar-refractivity contribution in [3.63, 3.8) is 0 Å². The van der Waals surface area contributed by atoms with Crippen LogP contribution >= 0.6 is 63.7 Å². The predicted octanol–water partition coefficient (Wildman–Crippen LogP) is 11.6. The molecule has 0 N–H and O–H groups in total. The number of hydrogen-bond acceptors (Lipinski definition) is 2. The first-order valence-electron chi connectivity index (χ1n) is 11.2. The Bertz CT molecular complexity index is 1520. The number of halogens is 4. The molecule has 1 heterocycles. The molecule has 0 amide bonds. The Hall–Kier alpha value is -2.38. The molecule has 0 saturated carbocycles. The van der Waals surface area contributed by atoms with E-state index in [9.17, 15) is 0 Å². The molecule has 1 aliphatic heterocycles. The number of para-hydroxylation sites is 1. The molecule has 0 atom stereocenters. The number of fused-ring (bicyclic) bond motifs is 6. The van der Waals surface area contributed by atoms with Crippen molar-refractivity contribution < 1.29 is 4.74 Å². The van der Waals surface area contributed by atoms with E-state index in [-0.39, 0.29) is 0 Å². The number of hydrogen-bond donors (Lipinski definition) is 0. The van der Waals surface area contributed by atoms with Crippen LogP contribution in [0.15, 0.2) is 121 Å². The van der Waals surface area contributed by atoms with Gasteiger partial charge in [0, 0.05) is 45.8 Å². The van der Waals surface area contributed by atoms with Crippen LogP contribution in [0.4, 0.5) is 17.1 Å². The fourth-order valence-electron chi connectivity index (χ4n) is 4.54. The molecular weight excluding hydrogens is 710 g/mol. The largest absolute Gasteiger partial charge is 0.456 e. The summed E-state index contributed by atoms with van der Waals surface area (Å²) in [6.45, 7) is 0. The van der Waals surface area contributed by atoms with Crippen LogP contribution in [-0.2, 0) is 0 Å². The van der Waals surface area contributed by atoms with Gasteiger partial charge in [-0.25, -0.2) is 0 Å². The average Bonchev–Trinajstić information content (AvgIpc) is 2.88. The standard InChI is InChI=1S/C30H17Br4NO/c31-18-6-10-27-23(14-18)25-16-20(33)8-12-29(25)36-30-13-9-21(34)17-26(30)24-15-19(32)7-11-28(24)35(27)22-4-2-1-3-5-22/h1-17H. The van der Waals surface area contributed by atoms with Crippen molar-refractivity contribution in [3.05, 3.63) is 121 Å². The second-order valence-corrected chi connectivity index (χ2v) is 12.0. The van der Waals surface area contributed by atoms with Crippen LogP contribution in [0.3, 0.4) is 0 Å². The summed E-state index contributed by atoms with van der Waals surface area (Å²) in [4.78, 5) is 2.32. The molecule has 6 rings (SSSR count). The Balaban J connectivity index is 1.79. The van der Waals surface area contributed by atoms with Gasteiger partial charge in [-0.05, 0) is 84.9 Å². The molecule has 0 unspecified atom stereocenters. The SMILES string of the molecule is Brc1ccc2c(c1)-c1cc(Br)ccc1N(c1ccccc1)c1ccc(Br)cc1-c1cc(Br)ccc1O2. The highest BCUT2D eigenvalue weighted by molar-refractivity contribution is 9.11. The van der Waals surface area contributed by atoms with Gasteiger partial charge in [-0.2, -0.15) is 0 Å². The number of rotatable bonds is 1. The van der Waals surface area contributed by atoms with Crippen LogP contribution < -0.4 is 9.64 Å². The van der Waals surface area contributed by atoms with E-state index in [1.165, 1.54) is 0 Å². The zero-order valence-corrected chi connectivity index (χ0v) is 25.0. The molecule has 0 aliphatic carbocycles. The first kappa shape index (κ1) is 24.0. The maximum absolute atomic E-state index is 6.67. The van der Waals surface area contributed by atoms with Crippen LogP contribution in [-0.4, -0.2) is 0 Å². The van der Waals surface area contributed by atoms with E-state index in [1.807, 2.05) is 30.3 Å². The lowest BCUT2D eigenvalue weighted by molar-refractivity contribution is 0.486. The summed E-state index contributed by atoms with van der Waals surface area (Å²) in [7, 11) is 0. The number of benzene rings is 5. The first-order chi connectivity index (χ1) is 17.5. The second kappa shape index (κ2) is 9.82. The molecule has 1 aliphatic rings. The van der Waals surface area contributed by atoms with Gasteiger partial charge in [0.05, 0.1) is 11.4 Å². The normalized spacial score (nSPS) is 12.1. The summed E-state index contributed by atoms with van der Waals surface area (Å²) in [5, 5.41) is 0. The Morgan fingerprint density at radius 2 is 0.861 bits per heavy atom. The molecule has 0 radical (unpaired) electrons. The first-order valence-corrected chi connectivity index (χ1v) is 14.4. The van der Waals surface area contributed by atoms with Gasteiger partial charge < -0.3 is 9.64 Å². The summed E-state index contributed by atoms with van der Waals surface area (Å²) in [6, 6.07) is 35.6. The molecule has 0 saturated heterocycles. The maximum Gasteiger partial charge on any atom is 0.135 e. The van der Waals surface area contributed by atoms with E-state index in [2.05, 4.69) is 141 Å². The quantitative estimate of drug-likeness (QED) is 0.167. The van der Waals surface area contributed by atoms with Gasteiger partial charge in [-0.3, -0.25) is 0 Å². The van der Waals surface area contributed by atoms with Gasteiger partial charge in [-0.1, -0.05) is 81.9 Å². The maximum atomic E-state index is 6.67. The third-order valence-electron chi connectivity index (χ3n) is 6.10. The van der Waals surface area contributed by atoms with E-state index in [1.54, 1.807) is 0 Å². The molecule has 0 bridgehead atoms.